The molecule has 0 N–H and O–H groups in total. The molecule has 0 spiro atoms. The smallest absolute Gasteiger partial charge is 0.259 e. The van der Waals surface area contributed by atoms with E-state index in [4.69, 9.17) is 0 Å². The number of fused-ring (bicyclic) bond motifs is 4. The largest absolute Gasteiger partial charge is 0.309 e. The summed E-state index contributed by atoms with van der Waals surface area (Å²) in [4.78, 5) is 16.0. The van der Waals surface area contributed by atoms with Gasteiger partial charge in [0.05, 0.1) is 23.3 Å². The van der Waals surface area contributed by atoms with Crippen LogP contribution in [0.3, 0.4) is 0 Å². The zero-order valence-electron chi connectivity index (χ0n) is 27.5. The maximum Gasteiger partial charge on any atom is 0.259 e. The molecule has 49 heavy (non-hydrogen) atoms. The predicted octanol–water partition coefficient (Wildman–Crippen LogP) is 11.6. The summed E-state index contributed by atoms with van der Waals surface area (Å²) in [6.45, 7) is 4.78. The lowest BCUT2D eigenvalue weighted by atomic mass is 10.0. The van der Waals surface area contributed by atoms with Gasteiger partial charge in [0.15, 0.2) is 0 Å². The molecule has 234 valence electrons. The van der Waals surface area contributed by atoms with Crippen molar-refractivity contribution in [2.45, 2.75) is 20.4 Å². The Hall–Kier alpha value is -6.19. The second-order valence-corrected chi connectivity index (χ2v) is 13.1. The molecule has 9 rings (SSSR count). The molecule has 3 nitrogen and oxygen atoms in total. The minimum atomic E-state index is 0.0333. The zero-order valence-corrected chi connectivity index (χ0v) is 27.5. The van der Waals surface area contributed by atoms with Gasteiger partial charge in [-0.2, -0.15) is 0 Å². The summed E-state index contributed by atoms with van der Waals surface area (Å²) in [6.07, 6.45) is 0. The number of benzene rings is 7. The zero-order chi connectivity index (χ0) is 33.1. The molecule has 0 aliphatic carbocycles. The normalized spacial score (nSPS) is 12.6. The van der Waals surface area contributed by atoms with Crippen molar-refractivity contribution in [3.05, 3.63) is 180 Å². The number of carbonyl (C=O) groups excluding carboxylic acids is 1. The van der Waals surface area contributed by atoms with Crippen LogP contribution in [0.2, 0.25) is 0 Å². The molecule has 0 fully saturated rings. The summed E-state index contributed by atoms with van der Waals surface area (Å²) < 4.78 is 2.39. The molecule has 0 bridgehead atoms. The van der Waals surface area contributed by atoms with Crippen molar-refractivity contribution >= 4 is 33.4 Å². The fourth-order valence-corrected chi connectivity index (χ4v) is 7.49. The van der Waals surface area contributed by atoms with Gasteiger partial charge in [-0.1, -0.05) is 132 Å². The Kier molecular flexibility index (Phi) is 6.80. The van der Waals surface area contributed by atoms with E-state index in [1.165, 1.54) is 44.2 Å². The topological polar surface area (TPSA) is 25.2 Å². The number of hydrogen-bond donors (Lipinski definition) is 0. The first kappa shape index (κ1) is 29.0. The summed E-state index contributed by atoms with van der Waals surface area (Å²) >= 11 is 0. The van der Waals surface area contributed by atoms with E-state index >= 15 is 0 Å². The van der Waals surface area contributed by atoms with Crippen molar-refractivity contribution in [1.29, 1.82) is 0 Å². The average molecular weight is 631 g/mol. The van der Waals surface area contributed by atoms with Gasteiger partial charge in [-0.15, -0.1) is 0 Å². The van der Waals surface area contributed by atoms with Crippen LogP contribution in [-0.4, -0.2) is 10.5 Å². The minimum absolute atomic E-state index is 0.0333. The molecular formula is C46H34N2O. The Labute approximate surface area is 286 Å². The van der Waals surface area contributed by atoms with E-state index in [2.05, 4.69) is 146 Å². The molecule has 1 aliphatic rings. The lowest BCUT2D eigenvalue weighted by Gasteiger charge is -2.17. The van der Waals surface area contributed by atoms with Crippen LogP contribution in [0, 0.1) is 13.8 Å². The summed E-state index contributed by atoms with van der Waals surface area (Å²) in [7, 11) is 0. The van der Waals surface area contributed by atoms with E-state index in [0.717, 1.165) is 44.7 Å². The number of nitrogens with zero attached hydrogens (tertiary/aromatic N) is 2. The second-order valence-electron chi connectivity index (χ2n) is 13.1. The molecule has 0 unspecified atom stereocenters. The third-order valence-electron chi connectivity index (χ3n) is 9.94. The SMILES string of the molecule is Cc1cccc(-c2ccc3c4ccc(-c5cccc(C)c5)cc4n(-c4cccc5c4CN(c4ccc(-c6ccccc6)cc4)C5=O)c3c2)c1. The first-order chi connectivity index (χ1) is 24.0. The van der Waals surface area contributed by atoms with E-state index in [-0.39, 0.29) is 5.91 Å². The summed E-state index contributed by atoms with van der Waals surface area (Å²) in [5.74, 6) is 0.0333. The number of aromatic nitrogens is 1. The second kappa shape index (κ2) is 11.5. The molecule has 2 heterocycles. The predicted molar refractivity (Wildman–Crippen MR) is 204 cm³/mol. The first-order valence-electron chi connectivity index (χ1n) is 16.8. The van der Waals surface area contributed by atoms with Gasteiger partial charge < -0.3 is 9.47 Å². The highest BCUT2D eigenvalue weighted by atomic mass is 16.2. The standard InChI is InChI=1S/C46H34N2O/c1-30-9-6-13-34(25-30)36-19-23-39-40-24-20-37(35-14-7-10-31(2)26-35)28-45(40)48(44(39)27-36)43-16-8-15-41-42(43)29-47(46(41)49)38-21-17-33(18-22-38)32-11-4-3-5-12-32/h3-28H,29H2,1-2H3. The third kappa shape index (κ3) is 4.94. The third-order valence-corrected chi connectivity index (χ3v) is 9.94. The van der Waals surface area contributed by atoms with E-state index in [1.807, 2.05) is 35.2 Å². The highest BCUT2D eigenvalue weighted by molar-refractivity contribution is 6.13. The van der Waals surface area contributed by atoms with Crippen LogP contribution in [0.5, 0.6) is 0 Å². The molecule has 8 aromatic rings. The number of carbonyl (C=O) groups is 1. The van der Waals surface area contributed by atoms with E-state index < -0.39 is 0 Å². The van der Waals surface area contributed by atoms with Crippen molar-refractivity contribution in [2.75, 3.05) is 4.90 Å². The van der Waals surface area contributed by atoms with Gasteiger partial charge in [0, 0.05) is 27.6 Å². The highest BCUT2D eigenvalue weighted by Gasteiger charge is 2.31. The fourth-order valence-electron chi connectivity index (χ4n) is 7.49. The molecule has 0 atom stereocenters. The Morgan fingerprint density at radius 3 is 1.57 bits per heavy atom. The number of amides is 1. The molecule has 0 saturated heterocycles. The lowest BCUT2D eigenvalue weighted by Crippen LogP contribution is -2.22. The van der Waals surface area contributed by atoms with Crippen molar-refractivity contribution < 1.29 is 4.79 Å². The van der Waals surface area contributed by atoms with E-state index in [1.54, 1.807) is 0 Å². The number of anilines is 1. The van der Waals surface area contributed by atoms with Crippen LogP contribution in [0.15, 0.2) is 158 Å². The van der Waals surface area contributed by atoms with Crippen LogP contribution >= 0.6 is 0 Å². The van der Waals surface area contributed by atoms with Gasteiger partial charge in [0.2, 0.25) is 0 Å². The Balaban J connectivity index is 1.22. The van der Waals surface area contributed by atoms with Gasteiger partial charge >= 0.3 is 0 Å². The number of hydrogen-bond acceptors (Lipinski definition) is 1. The highest BCUT2D eigenvalue weighted by Crippen LogP contribution is 2.40. The fraction of sp³-hybridized carbons (Fsp3) is 0.0652. The van der Waals surface area contributed by atoms with E-state index in [0.29, 0.717) is 6.54 Å². The average Bonchev–Trinajstić information content (AvgIpc) is 3.65. The van der Waals surface area contributed by atoms with Gasteiger partial charge in [-0.05, 0) is 83.6 Å². The maximum absolute atomic E-state index is 14.1. The number of aryl methyl sites for hydroxylation is 2. The van der Waals surface area contributed by atoms with Gasteiger partial charge in [-0.3, -0.25) is 4.79 Å². The molecule has 3 heteroatoms. The number of rotatable bonds is 5. The molecule has 0 saturated carbocycles. The Morgan fingerprint density at radius 2 is 0.980 bits per heavy atom. The summed E-state index contributed by atoms with van der Waals surface area (Å²) in [5.41, 5.74) is 15.5. The van der Waals surface area contributed by atoms with Crippen LogP contribution in [0.4, 0.5) is 5.69 Å². The molecule has 1 aromatic heterocycles. The van der Waals surface area contributed by atoms with Crippen molar-refractivity contribution in [1.82, 2.24) is 4.57 Å². The van der Waals surface area contributed by atoms with Crippen molar-refractivity contribution in [3.63, 3.8) is 0 Å². The minimum Gasteiger partial charge on any atom is -0.309 e. The van der Waals surface area contributed by atoms with Crippen LogP contribution in [0.1, 0.15) is 27.0 Å². The Morgan fingerprint density at radius 1 is 0.469 bits per heavy atom. The monoisotopic (exact) mass is 630 g/mol. The Bertz CT molecular complexity index is 2460. The van der Waals surface area contributed by atoms with Crippen LogP contribution in [0.25, 0.3) is 60.9 Å². The summed E-state index contributed by atoms with van der Waals surface area (Å²) in [6, 6.07) is 55.8. The quantitative estimate of drug-likeness (QED) is 0.186. The van der Waals surface area contributed by atoms with E-state index in [9.17, 15) is 4.79 Å². The maximum atomic E-state index is 14.1. The molecule has 1 aliphatic heterocycles. The summed E-state index contributed by atoms with van der Waals surface area (Å²) in [5, 5.41) is 2.38. The van der Waals surface area contributed by atoms with Crippen LogP contribution in [-0.2, 0) is 6.54 Å². The van der Waals surface area contributed by atoms with Gasteiger partial charge in [0.1, 0.15) is 0 Å². The molecular weight excluding hydrogens is 597 g/mol. The first-order valence-corrected chi connectivity index (χ1v) is 16.8. The van der Waals surface area contributed by atoms with Crippen molar-refractivity contribution in [2.24, 2.45) is 0 Å². The van der Waals surface area contributed by atoms with Crippen LogP contribution < -0.4 is 4.90 Å². The van der Waals surface area contributed by atoms with Crippen molar-refractivity contribution in [3.8, 4) is 39.1 Å². The van der Waals surface area contributed by atoms with Gasteiger partial charge in [0.25, 0.3) is 5.91 Å². The molecule has 1 amide bonds. The molecule has 7 aromatic carbocycles. The molecule has 0 radical (unpaired) electrons. The lowest BCUT2D eigenvalue weighted by molar-refractivity contribution is 0.0996. The van der Waals surface area contributed by atoms with Gasteiger partial charge in [-0.25, -0.2) is 0 Å².